The Bertz CT molecular complexity index is 841. The number of esters is 1. The van der Waals surface area contributed by atoms with Gasteiger partial charge in [-0.25, -0.2) is 4.79 Å². The Morgan fingerprint density at radius 1 is 1.07 bits per heavy atom. The van der Waals surface area contributed by atoms with Crippen molar-refractivity contribution in [2.45, 2.75) is 26.9 Å². The Hall–Kier alpha value is -2.86. The molecular formula is C23H30N3O3+. The van der Waals surface area contributed by atoms with Crippen LogP contribution in [-0.2, 0) is 9.53 Å². The van der Waals surface area contributed by atoms with E-state index in [1.165, 1.54) is 16.2 Å². The molecule has 0 atom stereocenters. The van der Waals surface area contributed by atoms with Crippen LogP contribution in [0.3, 0.4) is 0 Å². The fraction of sp³-hybridized carbons (Fsp3) is 0.391. The second-order valence-electron chi connectivity index (χ2n) is 7.78. The molecule has 1 aliphatic heterocycles. The Labute approximate surface area is 172 Å². The molecule has 2 aromatic carbocycles. The third-order valence-electron chi connectivity index (χ3n) is 5.08. The highest BCUT2D eigenvalue weighted by Gasteiger charge is 2.23. The molecule has 0 saturated carbocycles. The zero-order valence-corrected chi connectivity index (χ0v) is 17.4. The van der Waals surface area contributed by atoms with Crippen LogP contribution in [0.4, 0.5) is 11.4 Å². The predicted molar refractivity (Wildman–Crippen MR) is 115 cm³/mol. The molecule has 0 radical (unpaired) electrons. The molecule has 0 aromatic heterocycles. The van der Waals surface area contributed by atoms with Gasteiger partial charge in [0.25, 0.3) is 5.91 Å². The molecule has 1 fully saturated rings. The second-order valence-corrected chi connectivity index (χ2v) is 7.78. The number of hydrogen-bond donors (Lipinski definition) is 2. The maximum Gasteiger partial charge on any atom is 0.338 e. The molecular weight excluding hydrogens is 366 g/mol. The van der Waals surface area contributed by atoms with Crippen molar-refractivity contribution in [3.63, 3.8) is 0 Å². The van der Waals surface area contributed by atoms with E-state index in [1.54, 1.807) is 24.3 Å². The molecule has 6 heteroatoms. The summed E-state index contributed by atoms with van der Waals surface area (Å²) >= 11 is 0. The molecule has 0 bridgehead atoms. The number of nitrogens with one attached hydrogen (secondary N) is 2. The minimum atomic E-state index is -0.353. The van der Waals surface area contributed by atoms with Crippen LogP contribution in [0, 0.1) is 6.92 Å². The molecule has 3 rings (SSSR count). The highest BCUT2D eigenvalue weighted by molar-refractivity contribution is 5.93. The number of ether oxygens (including phenoxy) is 1. The normalized spacial score (nSPS) is 14.7. The van der Waals surface area contributed by atoms with E-state index >= 15 is 0 Å². The van der Waals surface area contributed by atoms with Crippen LogP contribution < -0.4 is 15.1 Å². The number of anilines is 2. The summed E-state index contributed by atoms with van der Waals surface area (Å²) in [5.41, 5.74) is 3.74. The van der Waals surface area contributed by atoms with Gasteiger partial charge in [-0.1, -0.05) is 18.2 Å². The molecule has 0 aliphatic carbocycles. The highest BCUT2D eigenvalue weighted by atomic mass is 16.5. The average molecular weight is 397 g/mol. The summed E-state index contributed by atoms with van der Waals surface area (Å²) in [6, 6.07) is 15.2. The van der Waals surface area contributed by atoms with Gasteiger partial charge in [0.1, 0.15) is 0 Å². The SMILES string of the molecule is Cc1ccccc1N1CC[NH+](CC(=O)Nc2ccc(C(=O)OC(C)C)cc2)CC1. The summed E-state index contributed by atoms with van der Waals surface area (Å²) in [5.74, 6) is -0.365. The van der Waals surface area contributed by atoms with Gasteiger partial charge < -0.3 is 19.9 Å². The maximum atomic E-state index is 12.4. The Morgan fingerprint density at radius 3 is 2.34 bits per heavy atom. The Morgan fingerprint density at radius 2 is 1.72 bits per heavy atom. The second kappa shape index (κ2) is 9.56. The van der Waals surface area contributed by atoms with Gasteiger partial charge in [-0.3, -0.25) is 4.79 Å². The number of piperazine rings is 1. The monoisotopic (exact) mass is 396 g/mol. The van der Waals surface area contributed by atoms with Crippen LogP contribution in [0.2, 0.25) is 0 Å². The van der Waals surface area contributed by atoms with Crippen molar-refractivity contribution in [1.82, 2.24) is 0 Å². The first-order valence-electron chi connectivity index (χ1n) is 10.2. The summed E-state index contributed by atoms with van der Waals surface area (Å²) in [4.78, 5) is 28.0. The van der Waals surface area contributed by atoms with E-state index < -0.39 is 0 Å². The van der Waals surface area contributed by atoms with Gasteiger partial charge in [0.2, 0.25) is 0 Å². The van der Waals surface area contributed by atoms with E-state index in [2.05, 4.69) is 41.4 Å². The molecule has 0 unspecified atom stereocenters. The fourth-order valence-electron chi connectivity index (χ4n) is 3.56. The molecule has 6 nitrogen and oxygen atoms in total. The summed E-state index contributed by atoms with van der Waals surface area (Å²) < 4.78 is 5.17. The molecule has 1 amide bonds. The number of carbonyl (C=O) groups excluding carboxylic acids is 2. The largest absolute Gasteiger partial charge is 0.459 e. The van der Waals surface area contributed by atoms with Crippen molar-refractivity contribution in [3.05, 3.63) is 59.7 Å². The standard InChI is InChI=1S/C23H29N3O3/c1-17(2)29-23(28)19-8-10-20(11-9-19)24-22(27)16-25-12-14-26(15-13-25)21-7-5-4-6-18(21)3/h4-11,17H,12-16H2,1-3H3,(H,24,27)/p+1. The van der Waals surface area contributed by atoms with Gasteiger partial charge in [-0.2, -0.15) is 0 Å². The van der Waals surface area contributed by atoms with E-state index in [4.69, 9.17) is 4.74 Å². The molecule has 1 heterocycles. The van der Waals surface area contributed by atoms with Crippen molar-refractivity contribution in [2.24, 2.45) is 0 Å². The first-order valence-corrected chi connectivity index (χ1v) is 10.2. The number of hydrogen-bond acceptors (Lipinski definition) is 4. The average Bonchev–Trinajstić information content (AvgIpc) is 2.69. The van der Waals surface area contributed by atoms with Gasteiger partial charge in [-0.05, 0) is 56.7 Å². The van der Waals surface area contributed by atoms with Gasteiger partial charge in [0.05, 0.1) is 37.8 Å². The van der Waals surface area contributed by atoms with Gasteiger partial charge in [0, 0.05) is 11.4 Å². The summed E-state index contributed by atoms with van der Waals surface area (Å²) in [5, 5.41) is 2.92. The molecule has 1 saturated heterocycles. The predicted octanol–water partition coefficient (Wildman–Crippen LogP) is 1.90. The third kappa shape index (κ3) is 5.81. The summed E-state index contributed by atoms with van der Waals surface area (Å²) in [6.45, 7) is 9.96. The number of quaternary nitrogens is 1. The minimum absolute atomic E-state index is 0.0122. The summed E-state index contributed by atoms with van der Waals surface area (Å²) in [7, 11) is 0. The van der Waals surface area contributed by atoms with E-state index in [-0.39, 0.29) is 18.0 Å². The Balaban J connectivity index is 1.47. The first kappa shape index (κ1) is 20.9. The van der Waals surface area contributed by atoms with Crippen LogP contribution in [-0.4, -0.2) is 50.7 Å². The van der Waals surface area contributed by atoms with E-state index in [1.807, 2.05) is 13.8 Å². The zero-order valence-electron chi connectivity index (χ0n) is 17.4. The van der Waals surface area contributed by atoms with Crippen LogP contribution in [0.15, 0.2) is 48.5 Å². The zero-order chi connectivity index (χ0) is 20.8. The van der Waals surface area contributed by atoms with E-state index in [0.29, 0.717) is 17.8 Å². The van der Waals surface area contributed by atoms with Gasteiger partial charge in [-0.15, -0.1) is 0 Å². The number of para-hydroxylation sites is 1. The number of rotatable bonds is 6. The molecule has 29 heavy (non-hydrogen) atoms. The van der Waals surface area contributed by atoms with Crippen molar-refractivity contribution < 1.29 is 19.2 Å². The molecule has 2 aromatic rings. The lowest BCUT2D eigenvalue weighted by Gasteiger charge is -2.34. The fourth-order valence-corrected chi connectivity index (χ4v) is 3.56. The van der Waals surface area contributed by atoms with Crippen molar-refractivity contribution in [2.75, 3.05) is 42.9 Å². The smallest absolute Gasteiger partial charge is 0.338 e. The van der Waals surface area contributed by atoms with Crippen LogP contribution >= 0.6 is 0 Å². The maximum absolute atomic E-state index is 12.4. The van der Waals surface area contributed by atoms with Crippen LogP contribution in [0.25, 0.3) is 0 Å². The lowest BCUT2D eigenvalue weighted by Crippen LogP contribution is -3.15. The van der Waals surface area contributed by atoms with E-state index in [9.17, 15) is 9.59 Å². The van der Waals surface area contributed by atoms with Crippen molar-refractivity contribution in [1.29, 1.82) is 0 Å². The highest BCUT2D eigenvalue weighted by Crippen LogP contribution is 2.18. The summed E-state index contributed by atoms with van der Waals surface area (Å²) in [6.07, 6.45) is -0.156. The lowest BCUT2D eigenvalue weighted by molar-refractivity contribution is -0.892. The lowest BCUT2D eigenvalue weighted by atomic mass is 10.1. The van der Waals surface area contributed by atoms with Crippen LogP contribution in [0.5, 0.6) is 0 Å². The number of carbonyl (C=O) groups is 2. The first-order chi connectivity index (χ1) is 13.9. The molecule has 0 spiro atoms. The number of benzene rings is 2. The minimum Gasteiger partial charge on any atom is -0.459 e. The quantitative estimate of drug-likeness (QED) is 0.732. The number of amides is 1. The van der Waals surface area contributed by atoms with Crippen molar-refractivity contribution in [3.8, 4) is 0 Å². The van der Waals surface area contributed by atoms with E-state index in [0.717, 1.165) is 26.2 Å². The Kier molecular flexibility index (Phi) is 6.88. The molecule has 2 N–H and O–H groups in total. The van der Waals surface area contributed by atoms with Gasteiger partial charge in [0.15, 0.2) is 6.54 Å². The van der Waals surface area contributed by atoms with Crippen molar-refractivity contribution >= 4 is 23.3 Å². The van der Waals surface area contributed by atoms with Gasteiger partial charge >= 0.3 is 5.97 Å². The topological polar surface area (TPSA) is 63.1 Å². The van der Waals surface area contributed by atoms with Crippen LogP contribution in [0.1, 0.15) is 29.8 Å². The number of aryl methyl sites for hydroxylation is 1. The third-order valence-corrected chi connectivity index (χ3v) is 5.08. The number of nitrogens with zero attached hydrogens (tertiary/aromatic N) is 1. The molecule has 154 valence electrons. The molecule has 1 aliphatic rings.